The van der Waals surface area contributed by atoms with Gasteiger partial charge in [-0.2, -0.15) is 0 Å². The maximum Gasteiger partial charge on any atom is 0.326 e. The fraction of sp³-hybridized carbons (Fsp3) is 0.333. The highest BCUT2D eigenvalue weighted by Crippen LogP contribution is 2.17. The highest BCUT2D eigenvalue weighted by atomic mass is 16.4. The molecule has 0 saturated carbocycles. The first-order valence-electron chi connectivity index (χ1n) is 7.65. The SMILES string of the molecule is CC(C)[C@H](N)C(=O)N[C@@H](Cc1ccc2ccccc2c1)C(=O)O. The Labute approximate surface area is 135 Å². The smallest absolute Gasteiger partial charge is 0.326 e. The Morgan fingerprint density at radius 2 is 1.78 bits per heavy atom. The zero-order valence-electron chi connectivity index (χ0n) is 13.3. The van der Waals surface area contributed by atoms with Crippen molar-refractivity contribution in [2.45, 2.75) is 32.4 Å². The molecule has 0 heterocycles. The van der Waals surface area contributed by atoms with Crippen molar-refractivity contribution in [1.29, 1.82) is 0 Å². The third kappa shape index (κ3) is 4.29. The number of amides is 1. The summed E-state index contributed by atoms with van der Waals surface area (Å²) < 4.78 is 0. The largest absolute Gasteiger partial charge is 0.480 e. The van der Waals surface area contributed by atoms with E-state index in [-0.39, 0.29) is 12.3 Å². The van der Waals surface area contributed by atoms with Gasteiger partial charge in [-0.25, -0.2) is 4.79 Å². The molecule has 5 heteroatoms. The van der Waals surface area contributed by atoms with Gasteiger partial charge in [0.05, 0.1) is 6.04 Å². The summed E-state index contributed by atoms with van der Waals surface area (Å²) in [5.41, 5.74) is 6.63. The minimum Gasteiger partial charge on any atom is -0.480 e. The fourth-order valence-electron chi connectivity index (χ4n) is 2.37. The predicted molar refractivity (Wildman–Crippen MR) is 90.0 cm³/mol. The molecule has 0 spiro atoms. The first-order chi connectivity index (χ1) is 10.9. The van der Waals surface area contributed by atoms with Crippen LogP contribution in [0.5, 0.6) is 0 Å². The van der Waals surface area contributed by atoms with Gasteiger partial charge in [-0.05, 0) is 22.3 Å². The number of hydrogen-bond acceptors (Lipinski definition) is 3. The molecule has 0 aromatic heterocycles. The maximum absolute atomic E-state index is 12.0. The van der Waals surface area contributed by atoms with E-state index in [9.17, 15) is 14.7 Å². The van der Waals surface area contributed by atoms with Crippen LogP contribution in [0.2, 0.25) is 0 Å². The number of carbonyl (C=O) groups excluding carboxylic acids is 1. The molecule has 5 nitrogen and oxygen atoms in total. The summed E-state index contributed by atoms with van der Waals surface area (Å²) >= 11 is 0. The summed E-state index contributed by atoms with van der Waals surface area (Å²) in [7, 11) is 0. The fourth-order valence-corrected chi connectivity index (χ4v) is 2.37. The Balaban J connectivity index is 2.14. The normalized spacial score (nSPS) is 13.7. The van der Waals surface area contributed by atoms with Gasteiger partial charge in [0.2, 0.25) is 5.91 Å². The zero-order valence-corrected chi connectivity index (χ0v) is 13.3. The van der Waals surface area contributed by atoms with Crippen LogP contribution in [-0.2, 0) is 16.0 Å². The number of benzene rings is 2. The van der Waals surface area contributed by atoms with E-state index in [2.05, 4.69) is 5.32 Å². The molecule has 0 aliphatic heterocycles. The zero-order chi connectivity index (χ0) is 17.0. The molecule has 2 aromatic carbocycles. The number of hydrogen-bond donors (Lipinski definition) is 3. The highest BCUT2D eigenvalue weighted by Gasteiger charge is 2.25. The van der Waals surface area contributed by atoms with E-state index in [0.717, 1.165) is 16.3 Å². The molecule has 122 valence electrons. The number of fused-ring (bicyclic) bond motifs is 1. The van der Waals surface area contributed by atoms with Gasteiger partial charge in [-0.3, -0.25) is 4.79 Å². The molecule has 0 unspecified atom stereocenters. The first-order valence-corrected chi connectivity index (χ1v) is 7.65. The topological polar surface area (TPSA) is 92.4 Å². The van der Waals surface area contributed by atoms with Crippen LogP contribution in [0.3, 0.4) is 0 Å². The van der Waals surface area contributed by atoms with Gasteiger partial charge in [0, 0.05) is 6.42 Å². The molecule has 2 atom stereocenters. The van der Waals surface area contributed by atoms with E-state index in [0.29, 0.717) is 0 Å². The second-order valence-corrected chi connectivity index (χ2v) is 6.05. The Kier molecular flexibility index (Phi) is 5.34. The Morgan fingerprint density at radius 1 is 1.13 bits per heavy atom. The molecule has 23 heavy (non-hydrogen) atoms. The molecule has 4 N–H and O–H groups in total. The summed E-state index contributed by atoms with van der Waals surface area (Å²) in [6, 6.07) is 11.9. The third-order valence-electron chi connectivity index (χ3n) is 3.89. The second kappa shape index (κ2) is 7.24. The monoisotopic (exact) mass is 314 g/mol. The number of nitrogens with one attached hydrogen (secondary N) is 1. The lowest BCUT2D eigenvalue weighted by Crippen LogP contribution is -2.51. The summed E-state index contributed by atoms with van der Waals surface area (Å²) in [5, 5.41) is 14.0. The van der Waals surface area contributed by atoms with Gasteiger partial charge in [-0.15, -0.1) is 0 Å². The van der Waals surface area contributed by atoms with Crippen LogP contribution in [0, 0.1) is 5.92 Å². The summed E-state index contributed by atoms with van der Waals surface area (Å²) in [5.74, 6) is -1.55. The van der Waals surface area contributed by atoms with Gasteiger partial charge in [0.15, 0.2) is 0 Å². The van der Waals surface area contributed by atoms with E-state index >= 15 is 0 Å². The van der Waals surface area contributed by atoms with Crippen LogP contribution in [-0.4, -0.2) is 29.1 Å². The molecule has 2 rings (SSSR count). The van der Waals surface area contributed by atoms with Crippen molar-refractivity contribution >= 4 is 22.6 Å². The molecular formula is C18H22N2O3. The number of nitrogens with two attached hydrogens (primary N) is 1. The average molecular weight is 314 g/mol. The molecular weight excluding hydrogens is 292 g/mol. The average Bonchev–Trinajstić information content (AvgIpc) is 2.53. The minimum absolute atomic E-state index is 0.0508. The second-order valence-electron chi connectivity index (χ2n) is 6.05. The van der Waals surface area contributed by atoms with Gasteiger partial charge >= 0.3 is 5.97 Å². The lowest BCUT2D eigenvalue weighted by molar-refractivity contribution is -0.142. The Bertz CT molecular complexity index is 712. The minimum atomic E-state index is -1.07. The number of rotatable bonds is 6. The quantitative estimate of drug-likeness (QED) is 0.759. The standard InChI is InChI=1S/C18H22N2O3/c1-11(2)16(19)17(21)20-15(18(22)23)10-12-7-8-13-5-3-4-6-14(13)9-12/h3-9,11,15-16H,10,19H2,1-2H3,(H,20,21)(H,22,23)/t15-,16-/m0/s1. The number of carbonyl (C=O) groups is 2. The first kappa shape index (κ1) is 17.0. The van der Waals surface area contributed by atoms with Crippen LogP contribution >= 0.6 is 0 Å². The van der Waals surface area contributed by atoms with Crippen molar-refractivity contribution in [1.82, 2.24) is 5.32 Å². The summed E-state index contributed by atoms with van der Waals surface area (Å²) in [4.78, 5) is 23.4. The van der Waals surface area contributed by atoms with Crippen molar-refractivity contribution in [3.05, 3.63) is 48.0 Å². The molecule has 0 aliphatic rings. The molecule has 0 fully saturated rings. The highest BCUT2D eigenvalue weighted by molar-refractivity contribution is 5.87. The molecule has 0 bridgehead atoms. The number of carboxylic acids is 1. The Hall–Kier alpha value is -2.40. The van der Waals surface area contributed by atoms with Crippen LogP contribution in [0.15, 0.2) is 42.5 Å². The number of aliphatic carboxylic acids is 1. The van der Waals surface area contributed by atoms with Crippen molar-refractivity contribution in [3.63, 3.8) is 0 Å². The van der Waals surface area contributed by atoms with Gasteiger partial charge in [0.25, 0.3) is 0 Å². The van der Waals surface area contributed by atoms with E-state index in [1.807, 2.05) is 56.3 Å². The summed E-state index contributed by atoms with van der Waals surface area (Å²) in [6.07, 6.45) is 0.219. The Morgan fingerprint density at radius 3 is 2.39 bits per heavy atom. The van der Waals surface area contributed by atoms with Crippen molar-refractivity contribution in [2.24, 2.45) is 11.7 Å². The van der Waals surface area contributed by atoms with Crippen molar-refractivity contribution in [3.8, 4) is 0 Å². The lowest BCUT2D eigenvalue weighted by atomic mass is 10.0. The molecule has 1 amide bonds. The van der Waals surface area contributed by atoms with Crippen molar-refractivity contribution in [2.75, 3.05) is 0 Å². The predicted octanol–water partition coefficient (Wildman–Crippen LogP) is 1.93. The van der Waals surface area contributed by atoms with Crippen LogP contribution in [0.1, 0.15) is 19.4 Å². The molecule has 0 saturated heterocycles. The van der Waals surface area contributed by atoms with Crippen LogP contribution in [0.4, 0.5) is 0 Å². The maximum atomic E-state index is 12.0. The van der Waals surface area contributed by atoms with E-state index in [1.165, 1.54) is 0 Å². The van der Waals surface area contributed by atoms with Gasteiger partial charge in [-0.1, -0.05) is 56.3 Å². The summed E-state index contributed by atoms with van der Waals surface area (Å²) in [6.45, 7) is 3.65. The molecule has 0 aliphatic carbocycles. The van der Waals surface area contributed by atoms with E-state index in [1.54, 1.807) is 0 Å². The van der Waals surface area contributed by atoms with Crippen molar-refractivity contribution < 1.29 is 14.7 Å². The van der Waals surface area contributed by atoms with Crippen LogP contribution in [0.25, 0.3) is 10.8 Å². The van der Waals surface area contributed by atoms with E-state index in [4.69, 9.17) is 5.73 Å². The van der Waals surface area contributed by atoms with Crippen LogP contribution < -0.4 is 11.1 Å². The van der Waals surface area contributed by atoms with Gasteiger partial charge < -0.3 is 16.2 Å². The number of carboxylic acid groups (broad SMARTS) is 1. The lowest BCUT2D eigenvalue weighted by Gasteiger charge is -2.20. The molecule has 0 radical (unpaired) electrons. The van der Waals surface area contributed by atoms with Gasteiger partial charge in [0.1, 0.15) is 6.04 Å². The third-order valence-corrected chi connectivity index (χ3v) is 3.89. The van der Waals surface area contributed by atoms with E-state index < -0.39 is 24.0 Å². The molecule has 2 aromatic rings.